The van der Waals surface area contributed by atoms with E-state index in [0.29, 0.717) is 11.4 Å². The third kappa shape index (κ3) is 4.32. The Kier molecular flexibility index (Phi) is 5.38. The van der Waals surface area contributed by atoms with E-state index in [0.717, 1.165) is 6.07 Å². The molecular formula is C16H16N2O6S. The first-order chi connectivity index (χ1) is 11.7. The normalized spacial score (nSPS) is 11.0. The predicted molar refractivity (Wildman–Crippen MR) is 91.5 cm³/mol. The first-order valence-corrected chi connectivity index (χ1v) is 8.80. The lowest BCUT2D eigenvalue weighted by molar-refractivity contribution is -0.387. The van der Waals surface area contributed by atoms with Crippen molar-refractivity contribution < 1.29 is 22.9 Å². The zero-order chi connectivity index (χ0) is 18.6. The van der Waals surface area contributed by atoms with Crippen molar-refractivity contribution in [2.75, 3.05) is 18.2 Å². The van der Waals surface area contributed by atoms with Crippen molar-refractivity contribution in [2.45, 2.75) is 11.8 Å². The number of nitro groups is 1. The van der Waals surface area contributed by atoms with Crippen LogP contribution in [-0.2, 0) is 14.6 Å². The van der Waals surface area contributed by atoms with Crippen LogP contribution in [0.15, 0.2) is 47.4 Å². The number of anilines is 1. The molecule has 0 spiro atoms. The molecule has 2 aromatic rings. The molecular weight excluding hydrogens is 348 g/mol. The highest BCUT2D eigenvalue weighted by molar-refractivity contribution is 7.92. The average Bonchev–Trinajstić information content (AvgIpc) is 2.54. The molecule has 0 heterocycles. The number of ether oxygens (including phenoxy) is 1. The molecule has 0 aliphatic rings. The van der Waals surface area contributed by atoms with Crippen molar-refractivity contribution in [3.05, 3.63) is 58.1 Å². The number of methoxy groups -OCH3 is 1. The molecule has 9 heteroatoms. The molecule has 132 valence electrons. The van der Waals surface area contributed by atoms with Crippen LogP contribution >= 0.6 is 0 Å². The number of nitrogens with one attached hydrogen (secondary N) is 1. The Balaban J connectivity index is 2.23. The van der Waals surface area contributed by atoms with Gasteiger partial charge in [-0.2, -0.15) is 0 Å². The molecule has 1 amide bonds. The lowest BCUT2D eigenvalue weighted by Gasteiger charge is -2.09. The molecule has 0 bridgehead atoms. The highest BCUT2D eigenvalue weighted by atomic mass is 32.2. The Morgan fingerprint density at radius 1 is 1.20 bits per heavy atom. The van der Waals surface area contributed by atoms with Crippen LogP contribution in [0.5, 0.6) is 5.75 Å². The summed E-state index contributed by atoms with van der Waals surface area (Å²) < 4.78 is 30.0. The lowest BCUT2D eigenvalue weighted by atomic mass is 10.2. The maximum Gasteiger partial charge on any atom is 0.288 e. The Morgan fingerprint density at radius 3 is 2.40 bits per heavy atom. The van der Waals surface area contributed by atoms with Crippen LogP contribution in [0.1, 0.15) is 5.56 Å². The molecule has 2 aromatic carbocycles. The van der Waals surface area contributed by atoms with Crippen LogP contribution < -0.4 is 10.1 Å². The zero-order valence-corrected chi connectivity index (χ0v) is 14.4. The standard InChI is InChI=1S/C16H16N2O6S/c1-11-4-3-5-14(18(20)21)16(11)25(22,23)10-15(19)17-12-6-8-13(24-2)9-7-12/h3-9H,10H2,1-2H3,(H,17,19). The summed E-state index contributed by atoms with van der Waals surface area (Å²) in [6, 6.07) is 10.3. The minimum atomic E-state index is -4.18. The van der Waals surface area contributed by atoms with Gasteiger partial charge < -0.3 is 10.1 Å². The second-order valence-electron chi connectivity index (χ2n) is 5.22. The van der Waals surface area contributed by atoms with Crippen LogP contribution in [0.2, 0.25) is 0 Å². The van der Waals surface area contributed by atoms with Gasteiger partial charge in [-0.15, -0.1) is 0 Å². The molecule has 0 radical (unpaired) electrons. The quantitative estimate of drug-likeness (QED) is 0.621. The van der Waals surface area contributed by atoms with Gasteiger partial charge in [-0.1, -0.05) is 12.1 Å². The van der Waals surface area contributed by atoms with E-state index in [9.17, 15) is 23.3 Å². The largest absolute Gasteiger partial charge is 0.497 e. The van der Waals surface area contributed by atoms with Gasteiger partial charge in [-0.3, -0.25) is 14.9 Å². The fourth-order valence-electron chi connectivity index (χ4n) is 2.30. The van der Waals surface area contributed by atoms with Gasteiger partial charge in [0, 0.05) is 11.8 Å². The fraction of sp³-hybridized carbons (Fsp3) is 0.188. The summed E-state index contributed by atoms with van der Waals surface area (Å²) in [5, 5.41) is 13.5. The van der Waals surface area contributed by atoms with Crippen molar-refractivity contribution in [2.24, 2.45) is 0 Å². The first kappa shape index (κ1) is 18.4. The number of nitro benzene ring substituents is 1. The second-order valence-corrected chi connectivity index (χ2v) is 7.14. The molecule has 0 aromatic heterocycles. The van der Waals surface area contributed by atoms with Gasteiger partial charge in [-0.25, -0.2) is 8.42 Å². The number of rotatable bonds is 6. The minimum absolute atomic E-state index is 0.214. The topological polar surface area (TPSA) is 116 Å². The Labute approximate surface area is 144 Å². The van der Waals surface area contributed by atoms with Gasteiger partial charge in [0.25, 0.3) is 5.69 Å². The number of amides is 1. The summed E-state index contributed by atoms with van der Waals surface area (Å²) in [4.78, 5) is 21.9. The number of sulfone groups is 1. The summed E-state index contributed by atoms with van der Waals surface area (Å²) in [5.41, 5.74) is 0.0592. The molecule has 2 rings (SSSR count). The highest BCUT2D eigenvalue weighted by Crippen LogP contribution is 2.28. The predicted octanol–water partition coefficient (Wildman–Crippen LogP) is 2.32. The average molecular weight is 364 g/mol. The van der Waals surface area contributed by atoms with Crippen LogP contribution in [0.25, 0.3) is 0 Å². The summed E-state index contributed by atoms with van der Waals surface area (Å²) in [7, 11) is -2.68. The fourth-order valence-corrected chi connectivity index (χ4v) is 3.88. The van der Waals surface area contributed by atoms with Gasteiger partial charge in [0.2, 0.25) is 5.91 Å². The number of carbonyl (C=O) groups excluding carboxylic acids is 1. The summed E-state index contributed by atoms with van der Waals surface area (Å²) in [6.45, 7) is 1.45. The van der Waals surface area contributed by atoms with E-state index >= 15 is 0 Å². The molecule has 0 aliphatic heterocycles. The third-order valence-electron chi connectivity index (χ3n) is 3.39. The molecule has 0 unspecified atom stereocenters. The smallest absolute Gasteiger partial charge is 0.288 e. The van der Waals surface area contributed by atoms with Gasteiger partial charge in [0.05, 0.1) is 12.0 Å². The number of carbonyl (C=O) groups is 1. The van der Waals surface area contributed by atoms with E-state index in [1.165, 1.54) is 26.2 Å². The van der Waals surface area contributed by atoms with E-state index in [1.54, 1.807) is 24.3 Å². The molecule has 8 nitrogen and oxygen atoms in total. The van der Waals surface area contributed by atoms with Crippen LogP contribution in [0.4, 0.5) is 11.4 Å². The van der Waals surface area contributed by atoms with Crippen molar-refractivity contribution in [1.82, 2.24) is 0 Å². The Bertz CT molecular complexity index is 907. The van der Waals surface area contributed by atoms with Gasteiger partial charge in [-0.05, 0) is 36.8 Å². The maximum absolute atomic E-state index is 12.5. The van der Waals surface area contributed by atoms with Gasteiger partial charge in [0.15, 0.2) is 9.84 Å². The molecule has 0 saturated heterocycles. The monoisotopic (exact) mass is 364 g/mol. The molecule has 1 N–H and O–H groups in total. The van der Waals surface area contributed by atoms with Gasteiger partial charge >= 0.3 is 0 Å². The highest BCUT2D eigenvalue weighted by Gasteiger charge is 2.29. The Morgan fingerprint density at radius 2 is 1.84 bits per heavy atom. The summed E-state index contributed by atoms with van der Waals surface area (Å²) >= 11 is 0. The molecule has 25 heavy (non-hydrogen) atoms. The maximum atomic E-state index is 12.5. The summed E-state index contributed by atoms with van der Waals surface area (Å²) in [5.74, 6) is -1.10. The lowest BCUT2D eigenvalue weighted by Crippen LogP contribution is -2.24. The number of hydrogen-bond donors (Lipinski definition) is 1. The van der Waals surface area contributed by atoms with Crippen molar-refractivity contribution in [1.29, 1.82) is 0 Å². The third-order valence-corrected chi connectivity index (χ3v) is 5.19. The van der Waals surface area contributed by atoms with E-state index in [1.807, 2.05) is 0 Å². The van der Waals surface area contributed by atoms with Crippen molar-refractivity contribution in [3.8, 4) is 5.75 Å². The number of nitrogens with zero attached hydrogens (tertiary/aromatic N) is 1. The second kappa shape index (κ2) is 7.31. The molecule has 0 saturated carbocycles. The molecule has 0 atom stereocenters. The van der Waals surface area contributed by atoms with Crippen LogP contribution in [0, 0.1) is 17.0 Å². The Hall–Kier alpha value is -2.94. The van der Waals surface area contributed by atoms with E-state index in [-0.39, 0.29) is 5.56 Å². The zero-order valence-electron chi connectivity index (χ0n) is 13.6. The number of benzene rings is 2. The summed E-state index contributed by atoms with van der Waals surface area (Å²) in [6.07, 6.45) is 0. The van der Waals surface area contributed by atoms with Crippen LogP contribution in [0.3, 0.4) is 0 Å². The molecule has 0 aliphatic carbocycles. The minimum Gasteiger partial charge on any atom is -0.497 e. The number of hydrogen-bond acceptors (Lipinski definition) is 6. The van der Waals surface area contributed by atoms with E-state index in [4.69, 9.17) is 4.74 Å². The van der Waals surface area contributed by atoms with E-state index in [2.05, 4.69) is 5.32 Å². The molecule has 0 fully saturated rings. The van der Waals surface area contributed by atoms with Crippen molar-refractivity contribution >= 4 is 27.1 Å². The van der Waals surface area contributed by atoms with Crippen LogP contribution in [-0.4, -0.2) is 32.1 Å². The first-order valence-electron chi connectivity index (χ1n) is 7.15. The van der Waals surface area contributed by atoms with Gasteiger partial charge in [0.1, 0.15) is 16.4 Å². The van der Waals surface area contributed by atoms with E-state index < -0.39 is 37.0 Å². The number of aryl methyl sites for hydroxylation is 1. The SMILES string of the molecule is COc1ccc(NC(=O)CS(=O)(=O)c2c(C)cccc2[N+](=O)[O-])cc1. The van der Waals surface area contributed by atoms with Crippen molar-refractivity contribution in [3.63, 3.8) is 0 Å².